The SMILES string of the molecule is CN1CCCN(CC(C)(C)CN)CC1=O. The van der Waals surface area contributed by atoms with Gasteiger partial charge in [0.2, 0.25) is 5.91 Å². The predicted octanol–water partition coefficient (Wildman–Crippen LogP) is 0.135. The second-order valence-corrected chi connectivity index (χ2v) is 5.25. The first-order valence-electron chi connectivity index (χ1n) is 5.61. The molecule has 15 heavy (non-hydrogen) atoms. The summed E-state index contributed by atoms with van der Waals surface area (Å²) < 4.78 is 0. The van der Waals surface area contributed by atoms with Crippen molar-refractivity contribution in [3.05, 3.63) is 0 Å². The van der Waals surface area contributed by atoms with Crippen LogP contribution in [0.25, 0.3) is 0 Å². The molecule has 1 fully saturated rings. The number of carbonyl (C=O) groups excluding carboxylic acids is 1. The lowest BCUT2D eigenvalue weighted by molar-refractivity contribution is -0.130. The van der Waals surface area contributed by atoms with Gasteiger partial charge in [0.1, 0.15) is 0 Å². The molecule has 0 spiro atoms. The van der Waals surface area contributed by atoms with E-state index in [1.54, 1.807) is 0 Å². The van der Waals surface area contributed by atoms with Gasteiger partial charge in [0.15, 0.2) is 0 Å². The Morgan fingerprint density at radius 2 is 2.07 bits per heavy atom. The summed E-state index contributed by atoms with van der Waals surface area (Å²) in [5, 5.41) is 0. The molecular formula is C11H23N3O. The van der Waals surface area contributed by atoms with Crippen molar-refractivity contribution in [2.24, 2.45) is 11.1 Å². The van der Waals surface area contributed by atoms with Gasteiger partial charge < -0.3 is 10.6 Å². The molecule has 1 aliphatic heterocycles. The van der Waals surface area contributed by atoms with Crippen molar-refractivity contribution >= 4 is 5.91 Å². The Hall–Kier alpha value is -0.610. The van der Waals surface area contributed by atoms with Crippen LogP contribution in [-0.2, 0) is 4.79 Å². The van der Waals surface area contributed by atoms with Crippen LogP contribution in [-0.4, -0.2) is 55.5 Å². The van der Waals surface area contributed by atoms with E-state index in [-0.39, 0.29) is 11.3 Å². The zero-order chi connectivity index (χ0) is 11.5. The first-order chi connectivity index (χ1) is 6.94. The average Bonchev–Trinajstić information content (AvgIpc) is 2.29. The molecule has 0 aliphatic carbocycles. The number of hydrogen-bond acceptors (Lipinski definition) is 3. The van der Waals surface area contributed by atoms with Crippen molar-refractivity contribution in [1.82, 2.24) is 9.80 Å². The van der Waals surface area contributed by atoms with E-state index in [1.807, 2.05) is 11.9 Å². The predicted molar refractivity (Wildman–Crippen MR) is 61.5 cm³/mol. The zero-order valence-corrected chi connectivity index (χ0v) is 10.1. The van der Waals surface area contributed by atoms with E-state index in [4.69, 9.17) is 5.73 Å². The Morgan fingerprint density at radius 1 is 1.40 bits per heavy atom. The van der Waals surface area contributed by atoms with E-state index < -0.39 is 0 Å². The van der Waals surface area contributed by atoms with Crippen molar-refractivity contribution in [2.45, 2.75) is 20.3 Å². The monoisotopic (exact) mass is 213 g/mol. The van der Waals surface area contributed by atoms with Crippen molar-refractivity contribution in [3.63, 3.8) is 0 Å². The van der Waals surface area contributed by atoms with Crippen molar-refractivity contribution in [2.75, 3.05) is 39.8 Å². The molecule has 0 aromatic carbocycles. The van der Waals surface area contributed by atoms with E-state index >= 15 is 0 Å². The van der Waals surface area contributed by atoms with Gasteiger partial charge in [0.05, 0.1) is 6.54 Å². The molecule has 1 saturated heterocycles. The van der Waals surface area contributed by atoms with Crippen molar-refractivity contribution < 1.29 is 4.79 Å². The first kappa shape index (κ1) is 12.5. The van der Waals surface area contributed by atoms with Crippen LogP contribution in [0.3, 0.4) is 0 Å². The number of rotatable bonds is 3. The van der Waals surface area contributed by atoms with Gasteiger partial charge in [0.25, 0.3) is 0 Å². The van der Waals surface area contributed by atoms with Gasteiger partial charge in [0, 0.05) is 26.7 Å². The minimum atomic E-state index is 0.100. The van der Waals surface area contributed by atoms with Crippen LogP contribution in [0.15, 0.2) is 0 Å². The summed E-state index contributed by atoms with van der Waals surface area (Å²) in [5.41, 5.74) is 5.80. The van der Waals surface area contributed by atoms with E-state index in [0.717, 1.165) is 26.1 Å². The molecule has 0 radical (unpaired) electrons. The highest BCUT2D eigenvalue weighted by Gasteiger charge is 2.24. The summed E-state index contributed by atoms with van der Waals surface area (Å²) in [6.45, 7) is 8.27. The van der Waals surface area contributed by atoms with Crippen LogP contribution >= 0.6 is 0 Å². The third kappa shape index (κ3) is 3.80. The molecule has 0 aromatic heterocycles. The number of nitrogens with two attached hydrogens (primary N) is 1. The Balaban J connectivity index is 2.52. The largest absolute Gasteiger partial charge is 0.345 e. The highest BCUT2D eigenvalue weighted by Crippen LogP contribution is 2.16. The highest BCUT2D eigenvalue weighted by atomic mass is 16.2. The fraction of sp³-hybridized carbons (Fsp3) is 0.909. The quantitative estimate of drug-likeness (QED) is 0.725. The molecular weight excluding hydrogens is 190 g/mol. The summed E-state index contributed by atoms with van der Waals surface area (Å²) in [7, 11) is 1.87. The summed E-state index contributed by atoms with van der Waals surface area (Å²) in [6, 6.07) is 0. The third-order valence-electron chi connectivity index (χ3n) is 2.96. The number of carbonyl (C=O) groups is 1. The fourth-order valence-electron chi connectivity index (χ4n) is 1.85. The number of hydrogen-bond donors (Lipinski definition) is 1. The van der Waals surface area contributed by atoms with Gasteiger partial charge in [-0.2, -0.15) is 0 Å². The molecule has 0 saturated carbocycles. The topological polar surface area (TPSA) is 49.6 Å². The maximum atomic E-state index is 11.7. The summed E-state index contributed by atoms with van der Waals surface area (Å²) in [4.78, 5) is 15.7. The van der Waals surface area contributed by atoms with Crippen LogP contribution in [0.4, 0.5) is 0 Å². The zero-order valence-electron chi connectivity index (χ0n) is 10.1. The molecule has 0 atom stereocenters. The van der Waals surface area contributed by atoms with E-state index in [0.29, 0.717) is 13.1 Å². The van der Waals surface area contributed by atoms with E-state index in [2.05, 4.69) is 18.7 Å². The molecule has 1 amide bonds. The van der Waals surface area contributed by atoms with Crippen LogP contribution in [0.1, 0.15) is 20.3 Å². The molecule has 4 nitrogen and oxygen atoms in total. The minimum absolute atomic E-state index is 0.100. The normalized spacial score (nSPS) is 20.5. The Kier molecular flexibility index (Phi) is 4.11. The standard InChI is InChI=1S/C11H23N3O/c1-11(2,8-12)9-14-6-4-5-13(3)10(15)7-14/h4-9,12H2,1-3H3. The number of likely N-dealkylation sites (N-methyl/N-ethyl adjacent to an activating group) is 1. The second kappa shape index (κ2) is 4.94. The average molecular weight is 213 g/mol. The Labute approximate surface area is 92.4 Å². The molecule has 1 rings (SSSR count). The van der Waals surface area contributed by atoms with Crippen LogP contribution in [0, 0.1) is 5.41 Å². The molecule has 0 unspecified atom stereocenters. The van der Waals surface area contributed by atoms with Gasteiger partial charge >= 0.3 is 0 Å². The van der Waals surface area contributed by atoms with Gasteiger partial charge in [-0.25, -0.2) is 0 Å². The van der Waals surface area contributed by atoms with Gasteiger partial charge in [-0.3, -0.25) is 9.69 Å². The molecule has 1 heterocycles. The molecule has 0 aromatic rings. The van der Waals surface area contributed by atoms with Crippen LogP contribution < -0.4 is 5.73 Å². The van der Waals surface area contributed by atoms with E-state index in [9.17, 15) is 4.79 Å². The van der Waals surface area contributed by atoms with Crippen LogP contribution in [0.2, 0.25) is 0 Å². The lowest BCUT2D eigenvalue weighted by atomic mass is 9.93. The summed E-state index contributed by atoms with van der Waals surface area (Å²) in [6.07, 6.45) is 1.06. The first-order valence-corrected chi connectivity index (χ1v) is 5.61. The van der Waals surface area contributed by atoms with Crippen molar-refractivity contribution in [3.8, 4) is 0 Å². The van der Waals surface area contributed by atoms with E-state index in [1.165, 1.54) is 0 Å². The number of nitrogens with zero attached hydrogens (tertiary/aromatic N) is 2. The van der Waals surface area contributed by atoms with Gasteiger partial charge in [-0.15, -0.1) is 0 Å². The Bertz CT molecular complexity index is 228. The molecule has 0 bridgehead atoms. The molecule has 1 aliphatic rings. The van der Waals surface area contributed by atoms with Crippen molar-refractivity contribution in [1.29, 1.82) is 0 Å². The highest BCUT2D eigenvalue weighted by molar-refractivity contribution is 5.78. The lowest BCUT2D eigenvalue weighted by Gasteiger charge is -2.30. The lowest BCUT2D eigenvalue weighted by Crippen LogP contribution is -2.42. The van der Waals surface area contributed by atoms with Gasteiger partial charge in [-0.1, -0.05) is 13.8 Å². The maximum Gasteiger partial charge on any atom is 0.236 e. The molecule has 4 heteroatoms. The third-order valence-corrected chi connectivity index (χ3v) is 2.96. The molecule has 2 N–H and O–H groups in total. The second-order valence-electron chi connectivity index (χ2n) is 5.25. The smallest absolute Gasteiger partial charge is 0.236 e. The summed E-state index contributed by atoms with van der Waals surface area (Å²) in [5.74, 6) is 0.223. The minimum Gasteiger partial charge on any atom is -0.345 e. The summed E-state index contributed by atoms with van der Waals surface area (Å²) >= 11 is 0. The Morgan fingerprint density at radius 3 is 2.67 bits per heavy atom. The maximum absolute atomic E-state index is 11.7. The number of amides is 1. The van der Waals surface area contributed by atoms with Crippen LogP contribution in [0.5, 0.6) is 0 Å². The van der Waals surface area contributed by atoms with Gasteiger partial charge in [-0.05, 0) is 18.4 Å². The fourth-order valence-corrected chi connectivity index (χ4v) is 1.85. The molecule has 88 valence electrons.